The van der Waals surface area contributed by atoms with E-state index in [4.69, 9.17) is 5.73 Å². The molecule has 1 amide bonds. The molecule has 1 aliphatic heterocycles. The minimum absolute atomic E-state index is 0.0667. The number of benzene rings is 1. The molecule has 1 aromatic heterocycles. The SMILES string of the molecule is N[C@H](C(=O)N1CCCC1)C1CCc2[nH]c3c(C(=O)O)cccc3c2C1. The Labute approximate surface area is 146 Å². The molecule has 1 aromatic carbocycles. The summed E-state index contributed by atoms with van der Waals surface area (Å²) in [5, 5.41) is 10.3. The number of carbonyl (C=O) groups excluding carboxylic acids is 1. The maximum absolute atomic E-state index is 12.6. The van der Waals surface area contributed by atoms with Crippen LogP contribution in [0, 0.1) is 5.92 Å². The quantitative estimate of drug-likeness (QED) is 0.794. The summed E-state index contributed by atoms with van der Waals surface area (Å²) in [4.78, 5) is 29.2. The summed E-state index contributed by atoms with van der Waals surface area (Å²) >= 11 is 0. The van der Waals surface area contributed by atoms with E-state index in [9.17, 15) is 14.7 Å². The first-order valence-electron chi connectivity index (χ1n) is 8.96. The molecule has 4 rings (SSSR count). The van der Waals surface area contributed by atoms with Crippen LogP contribution >= 0.6 is 0 Å². The van der Waals surface area contributed by atoms with Gasteiger partial charge in [-0.15, -0.1) is 0 Å². The molecule has 2 aliphatic rings. The van der Waals surface area contributed by atoms with Crippen molar-refractivity contribution < 1.29 is 14.7 Å². The van der Waals surface area contributed by atoms with Crippen molar-refractivity contribution in [2.45, 2.75) is 38.1 Å². The molecule has 1 unspecified atom stereocenters. The van der Waals surface area contributed by atoms with Crippen molar-refractivity contribution in [1.29, 1.82) is 0 Å². The Hall–Kier alpha value is -2.34. The second-order valence-electron chi connectivity index (χ2n) is 7.18. The number of nitrogens with zero attached hydrogens (tertiary/aromatic N) is 1. The number of rotatable bonds is 3. The van der Waals surface area contributed by atoms with Crippen LogP contribution in [0.2, 0.25) is 0 Å². The molecule has 0 saturated carbocycles. The predicted octanol–water partition coefficient (Wildman–Crippen LogP) is 1.92. The number of H-pyrrole nitrogens is 1. The number of nitrogens with one attached hydrogen (secondary N) is 1. The fourth-order valence-electron chi connectivity index (χ4n) is 4.30. The predicted molar refractivity (Wildman–Crippen MR) is 94.6 cm³/mol. The third-order valence-corrected chi connectivity index (χ3v) is 5.70. The minimum atomic E-state index is -0.929. The number of carboxylic acids is 1. The molecule has 1 fully saturated rings. The van der Waals surface area contributed by atoms with Crippen LogP contribution in [0.3, 0.4) is 0 Å². The van der Waals surface area contributed by atoms with Gasteiger partial charge in [0.1, 0.15) is 0 Å². The molecule has 1 aliphatic carbocycles. The summed E-state index contributed by atoms with van der Waals surface area (Å²) in [5.41, 5.74) is 9.51. The van der Waals surface area contributed by atoms with E-state index in [-0.39, 0.29) is 11.8 Å². The summed E-state index contributed by atoms with van der Waals surface area (Å²) in [7, 11) is 0. The van der Waals surface area contributed by atoms with Crippen LogP contribution in [-0.2, 0) is 17.6 Å². The first-order chi connectivity index (χ1) is 12.1. The van der Waals surface area contributed by atoms with E-state index < -0.39 is 12.0 Å². The molecule has 0 radical (unpaired) electrons. The Bertz CT molecular complexity index is 836. The number of hydrogen-bond acceptors (Lipinski definition) is 3. The second-order valence-corrected chi connectivity index (χ2v) is 7.18. The number of amides is 1. The Morgan fingerprint density at radius 2 is 2.04 bits per heavy atom. The molecular weight excluding hydrogens is 318 g/mol. The van der Waals surface area contributed by atoms with Gasteiger partial charge in [-0.25, -0.2) is 4.79 Å². The Kier molecular flexibility index (Phi) is 4.00. The van der Waals surface area contributed by atoms with Gasteiger partial charge in [-0.3, -0.25) is 4.79 Å². The fourth-order valence-corrected chi connectivity index (χ4v) is 4.30. The highest BCUT2D eigenvalue weighted by Crippen LogP contribution is 2.34. The van der Waals surface area contributed by atoms with Crippen molar-refractivity contribution in [3.05, 3.63) is 35.0 Å². The zero-order valence-electron chi connectivity index (χ0n) is 14.1. The molecule has 6 nitrogen and oxygen atoms in total. The van der Waals surface area contributed by atoms with Gasteiger partial charge in [0, 0.05) is 24.2 Å². The van der Waals surface area contributed by atoms with Crippen LogP contribution in [0.25, 0.3) is 10.9 Å². The molecule has 6 heteroatoms. The highest BCUT2D eigenvalue weighted by molar-refractivity contribution is 6.03. The number of aryl methyl sites for hydroxylation is 1. The lowest BCUT2D eigenvalue weighted by Crippen LogP contribution is -2.48. The van der Waals surface area contributed by atoms with Crippen LogP contribution in [-0.4, -0.2) is 46.0 Å². The number of hydrogen-bond donors (Lipinski definition) is 3. The van der Waals surface area contributed by atoms with Crippen molar-refractivity contribution in [3.63, 3.8) is 0 Å². The number of aromatic amines is 1. The standard InChI is InChI=1S/C19H23N3O3/c20-16(18(23)22-8-1-2-9-22)11-6-7-15-14(10-11)12-4-3-5-13(19(24)25)17(12)21-15/h3-5,11,16,21H,1-2,6-10,20H2,(H,24,25)/t11?,16-/m0/s1. The maximum atomic E-state index is 12.6. The van der Waals surface area contributed by atoms with Gasteiger partial charge in [0.25, 0.3) is 0 Å². The summed E-state index contributed by atoms with van der Waals surface area (Å²) in [5.74, 6) is -0.758. The number of carboxylic acid groups (broad SMARTS) is 1. The zero-order valence-corrected chi connectivity index (χ0v) is 14.1. The summed E-state index contributed by atoms with van der Waals surface area (Å²) in [6, 6.07) is 4.87. The van der Waals surface area contributed by atoms with E-state index in [2.05, 4.69) is 4.98 Å². The summed E-state index contributed by atoms with van der Waals surface area (Å²) in [6.45, 7) is 1.64. The first kappa shape index (κ1) is 16.1. The Morgan fingerprint density at radius 1 is 1.28 bits per heavy atom. The number of aromatic nitrogens is 1. The fraction of sp³-hybridized carbons (Fsp3) is 0.474. The van der Waals surface area contributed by atoms with Gasteiger partial charge in [-0.2, -0.15) is 0 Å². The molecule has 2 aromatic rings. The lowest BCUT2D eigenvalue weighted by Gasteiger charge is -2.30. The molecule has 0 bridgehead atoms. The first-order valence-corrected chi connectivity index (χ1v) is 8.96. The van der Waals surface area contributed by atoms with E-state index in [1.165, 1.54) is 0 Å². The number of nitrogens with two attached hydrogens (primary N) is 1. The number of para-hydroxylation sites is 1. The van der Waals surface area contributed by atoms with Crippen molar-refractivity contribution in [3.8, 4) is 0 Å². The topological polar surface area (TPSA) is 99.4 Å². The third-order valence-electron chi connectivity index (χ3n) is 5.70. The molecule has 4 N–H and O–H groups in total. The molecule has 132 valence electrons. The van der Waals surface area contributed by atoms with Gasteiger partial charge >= 0.3 is 5.97 Å². The van der Waals surface area contributed by atoms with E-state index >= 15 is 0 Å². The molecule has 2 heterocycles. The van der Waals surface area contributed by atoms with Crippen LogP contribution < -0.4 is 5.73 Å². The van der Waals surface area contributed by atoms with Gasteiger partial charge in [-0.1, -0.05) is 12.1 Å². The van der Waals surface area contributed by atoms with Crippen molar-refractivity contribution in [1.82, 2.24) is 9.88 Å². The maximum Gasteiger partial charge on any atom is 0.337 e. The van der Waals surface area contributed by atoms with Gasteiger partial charge in [-0.05, 0) is 49.7 Å². The largest absolute Gasteiger partial charge is 0.478 e. The minimum Gasteiger partial charge on any atom is -0.478 e. The number of likely N-dealkylation sites (tertiary alicyclic amines) is 1. The van der Waals surface area contributed by atoms with Crippen molar-refractivity contribution in [2.24, 2.45) is 11.7 Å². The third kappa shape index (κ3) is 2.70. The lowest BCUT2D eigenvalue weighted by molar-refractivity contribution is -0.132. The highest BCUT2D eigenvalue weighted by atomic mass is 16.4. The molecule has 0 spiro atoms. The average Bonchev–Trinajstić information content (AvgIpc) is 3.27. The van der Waals surface area contributed by atoms with Gasteiger partial charge in [0.2, 0.25) is 5.91 Å². The number of fused-ring (bicyclic) bond motifs is 3. The Balaban J connectivity index is 1.62. The van der Waals surface area contributed by atoms with Gasteiger partial charge < -0.3 is 20.7 Å². The zero-order chi connectivity index (χ0) is 17.6. The van der Waals surface area contributed by atoms with Crippen LogP contribution in [0.5, 0.6) is 0 Å². The van der Waals surface area contributed by atoms with E-state index in [0.717, 1.165) is 61.8 Å². The Morgan fingerprint density at radius 3 is 2.76 bits per heavy atom. The second kappa shape index (κ2) is 6.19. The van der Waals surface area contributed by atoms with E-state index in [0.29, 0.717) is 11.1 Å². The molecule has 1 saturated heterocycles. The van der Waals surface area contributed by atoms with Crippen molar-refractivity contribution in [2.75, 3.05) is 13.1 Å². The van der Waals surface area contributed by atoms with Crippen LogP contribution in [0.15, 0.2) is 18.2 Å². The number of aromatic carboxylic acids is 1. The lowest BCUT2D eigenvalue weighted by atomic mass is 9.81. The number of carbonyl (C=O) groups is 2. The van der Waals surface area contributed by atoms with Crippen molar-refractivity contribution >= 4 is 22.8 Å². The van der Waals surface area contributed by atoms with E-state index in [1.54, 1.807) is 12.1 Å². The highest BCUT2D eigenvalue weighted by Gasteiger charge is 2.33. The monoisotopic (exact) mass is 341 g/mol. The normalized spacial score (nSPS) is 21.3. The average molecular weight is 341 g/mol. The van der Waals surface area contributed by atoms with Gasteiger partial charge in [0.15, 0.2) is 0 Å². The smallest absolute Gasteiger partial charge is 0.337 e. The molecule has 2 atom stereocenters. The van der Waals surface area contributed by atoms with Crippen LogP contribution in [0.1, 0.15) is 40.9 Å². The van der Waals surface area contributed by atoms with E-state index in [1.807, 2.05) is 11.0 Å². The van der Waals surface area contributed by atoms with Crippen LogP contribution in [0.4, 0.5) is 0 Å². The molecule has 25 heavy (non-hydrogen) atoms. The summed E-state index contributed by atoms with van der Waals surface area (Å²) in [6.07, 6.45) is 4.50. The van der Waals surface area contributed by atoms with Gasteiger partial charge in [0.05, 0.1) is 17.1 Å². The summed E-state index contributed by atoms with van der Waals surface area (Å²) < 4.78 is 0. The molecular formula is C19H23N3O3.